The number of nitrogens with one attached hydrogen (secondary N) is 2. The zero-order chi connectivity index (χ0) is 12.1. The number of nitrogen functional groups attached to an aromatic ring is 1. The van der Waals surface area contributed by atoms with E-state index in [1.54, 1.807) is 0 Å². The smallest absolute Gasteiger partial charge is 0.148 e. The standard InChI is InChI=1S/C11H21N5/c1-5-6-13-10-8(4)11(16-12)15-9(14-10)7(2)3/h7H,5-6,12H2,1-4H3,(H2,13,14,15,16). The Morgan fingerprint density at radius 1 is 1.25 bits per heavy atom. The number of nitrogens with zero attached hydrogens (tertiary/aromatic N) is 2. The number of nitrogens with two attached hydrogens (primary N) is 1. The molecule has 4 N–H and O–H groups in total. The van der Waals surface area contributed by atoms with Crippen molar-refractivity contribution in [3.8, 4) is 0 Å². The highest BCUT2D eigenvalue weighted by molar-refractivity contribution is 5.56. The van der Waals surface area contributed by atoms with E-state index >= 15 is 0 Å². The van der Waals surface area contributed by atoms with Crippen LogP contribution in [0.15, 0.2) is 0 Å². The zero-order valence-corrected chi connectivity index (χ0v) is 10.5. The molecule has 0 spiro atoms. The van der Waals surface area contributed by atoms with E-state index in [1.807, 2.05) is 6.92 Å². The van der Waals surface area contributed by atoms with Gasteiger partial charge >= 0.3 is 0 Å². The summed E-state index contributed by atoms with van der Waals surface area (Å²) in [6, 6.07) is 0. The fourth-order valence-corrected chi connectivity index (χ4v) is 1.35. The lowest BCUT2D eigenvalue weighted by Crippen LogP contribution is -2.15. The Bertz CT molecular complexity index is 348. The van der Waals surface area contributed by atoms with Gasteiger partial charge in [-0.25, -0.2) is 15.8 Å². The molecule has 5 heteroatoms. The van der Waals surface area contributed by atoms with Gasteiger partial charge in [-0.3, -0.25) is 0 Å². The first-order valence-corrected chi connectivity index (χ1v) is 5.69. The number of rotatable bonds is 5. The lowest BCUT2D eigenvalue weighted by atomic mass is 10.2. The number of hydrogen-bond donors (Lipinski definition) is 3. The fourth-order valence-electron chi connectivity index (χ4n) is 1.35. The van der Waals surface area contributed by atoms with Crippen LogP contribution in [-0.4, -0.2) is 16.5 Å². The topological polar surface area (TPSA) is 75.9 Å². The molecule has 1 heterocycles. The average Bonchev–Trinajstić information content (AvgIpc) is 2.27. The third-order valence-corrected chi connectivity index (χ3v) is 2.36. The molecular weight excluding hydrogens is 202 g/mol. The van der Waals surface area contributed by atoms with E-state index < -0.39 is 0 Å². The van der Waals surface area contributed by atoms with Crippen molar-refractivity contribution in [1.29, 1.82) is 0 Å². The predicted molar refractivity (Wildman–Crippen MR) is 67.4 cm³/mol. The van der Waals surface area contributed by atoms with E-state index in [0.717, 1.165) is 30.2 Å². The van der Waals surface area contributed by atoms with Gasteiger partial charge < -0.3 is 10.7 Å². The molecule has 0 amide bonds. The summed E-state index contributed by atoms with van der Waals surface area (Å²) in [6.45, 7) is 9.11. The molecule has 0 aromatic carbocycles. The Kier molecular flexibility index (Phi) is 4.49. The van der Waals surface area contributed by atoms with Crippen LogP contribution in [0.1, 0.15) is 44.5 Å². The molecule has 0 aliphatic rings. The molecular formula is C11H21N5. The van der Waals surface area contributed by atoms with E-state index in [1.165, 1.54) is 0 Å². The third kappa shape index (κ3) is 2.82. The van der Waals surface area contributed by atoms with Crippen LogP contribution >= 0.6 is 0 Å². The van der Waals surface area contributed by atoms with Gasteiger partial charge in [-0.15, -0.1) is 0 Å². The maximum atomic E-state index is 5.45. The van der Waals surface area contributed by atoms with Crippen molar-refractivity contribution < 1.29 is 0 Å². The first kappa shape index (κ1) is 12.7. The van der Waals surface area contributed by atoms with E-state index in [9.17, 15) is 0 Å². The first-order chi connectivity index (χ1) is 7.60. The molecule has 1 aromatic heterocycles. The van der Waals surface area contributed by atoms with Crippen LogP contribution in [0.2, 0.25) is 0 Å². The highest BCUT2D eigenvalue weighted by atomic mass is 15.3. The molecule has 5 nitrogen and oxygen atoms in total. The summed E-state index contributed by atoms with van der Waals surface area (Å²) in [5.41, 5.74) is 3.57. The number of hydrazine groups is 1. The second-order valence-corrected chi connectivity index (χ2v) is 4.13. The van der Waals surface area contributed by atoms with E-state index in [0.29, 0.717) is 5.82 Å². The molecule has 90 valence electrons. The molecule has 0 unspecified atom stereocenters. The number of hydrogen-bond acceptors (Lipinski definition) is 5. The second-order valence-electron chi connectivity index (χ2n) is 4.13. The van der Waals surface area contributed by atoms with Crippen molar-refractivity contribution in [1.82, 2.24) is 9.97 Å². The van der Waals surface area contributed by atoms with Crippen LogP contribution < -0.4 is 16.6 Å². The zero-order valence-electron chi connectivity index (χ0n) is 10.5. The Hall–Kier alpha value is -1.36. The molecule has 0 radical (unpaired) electrons. The number of anilines is 2. The van der Waals surface area contributed by atoms with Crippen molar-refractivity contribution in [3.05, 3.63) is 11.4 Å². The normalized spacial score (nSPS) is 10.6. The predicted octanol–water partition coefficient (Wildman–Crippen LogP) is 2.02. The molecule has 0 aliphatic heterocycles. The molecule has 0 atom stereocenters. The van der Waals surface area contributed by atoms with Gasteiger partial charge in [0.25, 0.3) is 0 Å². The van der Waals surface area contributed by atoms with Gasteiger partial charge in [-0.2, -0.15) is 0 Å². The summed E-state index contributed by atoms with van der Waals surface area (Å²) in [7, 11) is 0. The molecule has 16 heavy (non-hydrogen) atoms. The van der Waals surface area contributed by atoms with Gasteiger partial charge in [0.1, 0.15) is 17.5 Å². The monoisotopic (exact) mass is 223 g/mol. The molecule has 0 bridgehead atoms. The van der Waals surface area contributed by atoms with Crippen molar-refractivity contribution in [2.45, 2.75) is 40.0 Å². The van der Waals surface area contributed by atoms with Crippen molar-refractivity contribution in [3.63, 3.8) is 0 Å². The van der Waals surface area contributed by atoms with Crippen LogP contribution in [0.3, 0.4) is 0 Å². The minimum atomic E-state index is 0.287. The van der Waals surface area contributed by atoms with Crippen LogP contribution in [0.5, 0.6) is 0 Å². The molecule has 1 rings (SSSR count). The third-order valence-electron chi connectivity index (χ3n) is 2.36. The van der Waals surface area contributed by atoms with Gasteiger partial charge in [-0.1, -0.05) is 20.8 Å². The lowest BCUT2D eigenvalue weighted by Gasteiger charge is -2.14. The molecule has 1 aromatic rings. The summed E-state index contributed by atoms with van der Waals surface area (Å²) in [5, 5.41) is 3.29. The summed E-state index contributed by atoms with van der Waals surface area (Å²) in [4.78, 5) is 8.87. The van der Waals surface area contributed by atoms with Crippen LogP contribution in [-0.2, 0) is 0 Å². The quantitative estimate of drug-likeness (QED) is 0.526. The van der Waals surface area contributed by atoms with Crippen molar-refractivity contribution >= 4 is 11.6 Å². The summed E-state index contributed by atoms with van der Waals surface area (Å²) < 4.78 is 0. The molecule has 0 aliphatic carbocycles. The van der Waals surface area contributed by atoms with Gasteiger partial charge in [0, 0.05) is 18.0 Å². The van der Waals surface area contributed by atoms with E-state index in [2.05, 4.69) is 41.5 Å². The molecule has 0 saturated carbocycles. The number of aromatic nitrogens is 2. The van der Waals surface area contributed by atoms with Crippen LogP contribution in [0, 0.1) is 6.92 Å². The van der Waals surface area contributed by atoms with Crippen molar-refractivity contribution in [2.75, 3.05) is 17.3 Å². The maximum absolute atomic E-state index is 5.45. The van der Waals surface area contributed by atoms with Gasteiger partial charge in [0.15, 0.2) is 0 Å². The SMILES string of the molecule is CCCNc1nc(C(C)C)nc(NN)c1C. The van der Waals surface area contributed by atoms with Crippen molar-refractivity contribution in [2.24, 2.45) is 5.84 Å². The second kappa shape index (κ2) is 5.65. The summed E-state index contributed by atoms with van der Waals surface area (Å²) >= 11 is 0. The highest BCUT2D eigenvalue weighted by Gasteiger charge is 2.11. The Balaban J connectivity index is 3.08. The lowest BCUT2D eigenvalue weighted by molar-refractivity contribution is 0.771. The fraction of sp³-hybridized carbons (Fsp3) is 0.636. The average molecular weight is 223 g/mol. The molecule has 0 fully saturated rings. The van der Waals surface area contributed by atoms with Crippen LogP contribution in [0.25, 0.3) is 0 Å². The Labute approximate surface area is 96.8 Å². The van der Waals surface area contributed by atoms with Gasteiger partial charge in [0.05, 0.1) is 0 Å². The minimum absolute atomic E-state index is 0.287. The first-order valence-electron chi connectivity index (χ1n) is 5.69. The largest absolute Gasteiger partial charge is 0.370 e. The molecule has 0 saturated heterocycles. The van der Waals surface area contributed by atoms with E-state index in [-0.39, 0.29) is 5.92 Å². The van der Waals surface area contributed by atoms with Gasteiger partial charge in [-0.05, 0) is 13.3 Å². The van der Waals surface area contributed by atoms with Crippen LogP contribution in [0.4, 0.5) is 11.6 Å². The minimum Gasteiger partial charge on any atom is -0.370 e. The maximum Gasteiger partial charge on any atom is 0.148 e. The van der Waals surface area contributed by atoms with E-state index in [4.69, 9.17) is 5.84 Å². The van der Waals surface area contributed by atoms with Gasteiger partial charge in [0.2, 0.25) is 0 Å². The highest BCUT2D eigenvalue weighted by Crippen LogP contribution is 2.22. The summed E-state index contributed by atoms with van der Waals surface area (Å²) in [6.07, 6.45) is 1.06. The Morgan fingerprint density at radius 2 is 1.88 bits per heavy atom. The summed E-state index contributed by atoms with van der Waals surface area (Å²) in [5.74, 6) is 8.10. The Morgan fingerprint density at radius 3 is 2.38 bits per heavy atom.